The van der Waals surface area contributed by atoms with Gasteiger partial charge in [-0.1, -0.05) is 248 Å². The van der Waals surface area contributed by atoms with Crippen LogP contribution >= 0.6 is 22.8 Å². The molecule has 26 nitrogen and oxygen atoms in total. The van der Waals surface area contributed by atoms with Crippen LogP contribution in [0.25, 0.3) is 36.5 Å². The number of unbranched alkanes of at least 4 members (excludes halogenated alkanes) is 2. The number of aldehydes is 2. The molecule has 0 aromatic heterocycles. The molecule has 0 bridgehead atoms. The van der Waals surface area contributed by atoms with Crippen molar-refractivity contribution >= 4 is 71.8 Å². The lowest BCUT2D eigenvalue weighted by Gasteiger charge is -2.19. The second-order valence-electron chi connectivity index (χ2n) is 32.0. The molecule has 820 valence electrons. The molecule has 0 saturated heterocycles. The summed E-state index contributed by atoms with van der Waals surface area (Å²) in [5.74, 6) is 10.00. The summed E-state index contributed by atoms with van der Waals surface area (Å²) in [4.78, 5) is 21.7. The molecule has 0 heterocycles. The molecule has 8 aromatic carbocycles. The molecule has 5 atom stereocenters. The van der Waals surface area contributed by atoms with E-state index in [-0.39, 0.29) is 88.8 Å². The highest BCUT2D eigenvalue weighted by Crippen LogP contribution is 2.55. The molecule has 0 aliphatic heterocycles. The van der Waals surface area contributed by atoms with E-state index in [0.29, 0.717) is 162 Å². The third kappa shape index (κ3) is 49.0. The minimum Gasteiger partial charge on any atom is -0.493 e. The third-order valence-corrected chi connectivity index (χ3v) is 28.0. The Bertz CT molecular complexity index is 4870. The smallest absolute Gasteiger partial charge is 0.335 e. The lowest BCUT2D eigenvalue weighted by atomic mass is 10.0. The summed E-state index contributed by atoms with van der Waals surface area (Å²) < 4.78 is 154. The molecule has 29 heteroatoms. The van der Waals surface area contributed by atoms with Crippen LogP contribution in [0, 0.1) is 11.8 Å². The highest BCUT2D eigenvalue weighted by atomic mass is 31.2. The second-order valence-corrected chi connectivity index (χ2v) is 38.2. The van der Waals surface area contributed by atoms with Crippen molar-refractivity contribution in [2.75, 3.05) is 124 Å². The van der Waals surface area contributed by atoms with Crippen LogP contribution in [0.4, 0.5) is 0 Å². The summed E-state index contributed by atoms with van der Waals surface area (Å²) in [5.41, 5.74) is 9.61. The zero-order valence-corrected chi connectivity index (χ0v) is 89.4. The fraction of sp³-hybridized carbons (Fsp3) is 0.517. The first-order chi connectivity index (χ1) is 66.5. The Morgan fingerprint density at radius 3 is 0.621 bits per heavy atom. The molecule has 8 rings (SSSR count). The van der Waals surface area contributed by atoms with Crippen LogP contribution < -0.4 is 71.1 Å². The number of hydrogen-bond acceptors (Lipinski definition) is 26. The summed E-state index contributed by atoms with van der Waals surface area (Å²) in [6.45, 7) is 35.1. The van der Waals surface area contributed by atoms with Gasteiger partial charge in [-0.05, 0) is 217 Å². The van der Waals surface area contributed by atoms with E-state index in [2.05, 4.69) is 84.0 Å². The summed E-state index contributed by atoms with van der Waals surface area (Å²) in [7, 11) is 6.68. The van der Waals surface area contributed by atoms with Crippen molar-refractivity contribution in [3.8, 4) is 86.2 Å². The first-order valence-electron chi connectivity index (χ1n) is 47.9. The van der Waals surface area contributed by atoms with Crippen LogP contribution in [0.5, 0.6) is 86.2 Å². The highest BCUT2D eigenvalue weighted by molar-refractivity contribution is 7.53. The Morgan fingerprint density at radius 2 is 0.441 bits per heavy atom. The third-order valence-electron chi connectivity index (χ3n) is 21.8. The maximum absolute atomic E-state index is 12.7. The van der Waals surface area contributed by atoms with Gasteiger partial charge in [0.05, 0.1) is 161 Å². The van der Waals surface area contributed by atoms with E-state index in [0.717, 1.165) is 108 Å². The largest absolute Gasteiger partial charge is 0.493 e. The minimum atomic E-state index is -3.12. The van der Waals surface area contributed by atoms with E-state index in [1.807, 2.05) is 145 Å². The van der Waals surface area contributed by atoms with E-state index in [1.54, 1.807) is 109 Å². The van der Waals surface area contributed by atoms with E-state index < -0.39 is 22.8 Å². The van der Waals surface area contributed by atoms with Crippen LogP contribution in [-0.4, -0.2) is 155 Å². The molecule has 0 aliphatic rings. The van der Waals surface area contributed by atoms with Crippen molar-refractivity contribution < 1.29 is 121 Å². The SMILES string of the molecule is C.C.C.C.C.C.C.CCC(C)Oc1c(OC)cc(C=O)cc1OC.CCCCC(CC)COc1c(OC)cc(/C=C/c2ccc(/C=C/c3cc(OC)c(OC(C)CC)c(OC)c3)cc2)cc1OC.CCCCC(CC)COc1c(OC)cc(C=O)cc1OC.CCOP(=O)(Cc1ccc(/C=C/c2cc(OC)c(OC(C)CC)c(OC)c2)cc1)OCC.CCOP(=O)(Cc1ccc(CP(=O)(OCC)OCC)cc1)OCC. The maximum atomic E-state index is 12.7. The van der Waals surface area contributed by atoms with E-state index in [4.69, 9.17) is 98.2 Å². The molecular formula is C116H185O26P3. The van der Waals surface area contributed by atoms with Gasteiger partial charge in [-0.3, -0.25) is 23.3 Å². The van der Waals surface area contributed by atoms with Crippen LogP contribution in [0.3, 0.4) is 0 Å². The first kappa shape index (κ1) is 141. The van der Waals surface area contributed by atoms with Crippen molar-refractivity contribution in [3.05, 3.63) is 195 Å². The van der Waals surface area contributed by atoms with Gasteiger partial charge in [-0.25, -0.2) is 0 Å². The zero-order chi connectivity index (χ0) is 102. The van der Waals surface area contributed by atoms with Crippen molar-refractivity contribution in [1.29, 1.82) is 0 Å². The van der Waals surface area contributed by atoms with Crippen molar-refractivity contribution in [2.24, 2.45) is 11.8 Å². The Hall–Kier alpha value is -10.2. The molecule has 5 unspecified atom stereocenters. The predicted octanol–water partition coefficient (Wildman–Crippen LogP) is 33.1. The molecule has 145 heavy (non-hydrogen) atoms. The van der Waals surface area contributed by atoms with Crippen LogP contribution in [0.1, 0.15) is 304 Å². The molecule has 0 radical (unpaired) electrons. The van der Waals surface area contributed by atoms with Gasteiger partial charge in [-0.2, -0.15) is 0 Å². The van der Waals surface area contributed by atoms with E-state index in [9.17, 15) is 23.3 Å². The normalized spacial score (nSPS) is 11.8. The average Bonchev–Trinajstić information content (AvgIpc) is 0.812. The van der Waals surface area contributed by atoms with Gasteiger partial charge < -0.3 is 98.2 Å². The van der Waals surface area contributed by atoms with Crippen LogP contribution in [0.2, 0.25) is 0 Å². The molecule has 0 fully saturated rings. The number of ether oxygens (including phenoxy) is 15. The highest BCUT2D eigenvalue weighted by Gasteiger charge is 2.29. The van der Waals surface area contributed by atoms with Gasteiger partial charge in [0.15, 0.2) is 57.5 Å². The summed E-state index contributed by atoms with van der Waals surface area (Å²) >= 11 is 0. The number of carbonyl (C=O) groups is 2. The number of hydrogen-bond donors (Lipinski definition) is 0. The number of carbonyl (C=O) groups excluding carboxylic acids is 2. The lowest BCUT2D eigenvalue weighted by molar-refractivity contribution is 0.111. The number of benzene rings is 8. The Labute approximate surface area is 875 Å². The predicted molar refractivity (Wildman–Crippen MR) is 604 cm³/mol. The fourth-order valence-corrected chi connectivity index (χ4v) is 18.7. The average molecular weight is 2090 g/mol. The van der Waals surface area contributed by atoms with Gasteiger partial charge in [0.1, 0.15) is 12.6 Å². The fourth-order valence-electron chi connectivity index (χ4n) is 13.6. The van der Waals surface area contributed by atoms with Gasteiger partial charge in [-0.15, -0.1) is 0 Å². The van der Waals surface area contributed by atoms with Gasteiger partial charge in [0.25, 0.3) is 0 Å². The molecule has 0 spiro atoms. The maximum Gasteiger partial charge on any atom is 0.335 e. The number of methoxy groups -OCH3 is 10. The van der Waals surface area contributed by atoms with Crippen LogP contribution in [0.15, 0.2) is 133 Å². The first-order valence-corrected chi connectivity index (χ1v) is 53.1. The topological polar surface area (TPSA) is 279 Å². The standard InChI is InChI=1S/C38H50O6.C25H35O6P.C17H26O4.C16H28O6P2.C13H18O4.7CH4/c1-9-12-13-28(11-3)26-43-37-33(39-5)22-31(23-34(37)40-6)20-18-29-14-16-30(17-15-29)19-21-32-24-35(41-7)38(36(25-32)42-8)44-27(4)10-2;1-7-19(4)31-25-23(27-5)16-22(17-24(25)28-6)15-12-20-10-13-21(14-11-20)18-32(26,29-8-2)30-9-3;1-5-7-8-13(6-2)12-21-17-15(19-3)9-14(11-18)10-16(17)20-4;1-5-19-23(17,20-6-2)13-15-9-11-16(12-10-15)14-24(18,21-7-3)22-8-4;1-5-9(2)17-13-11(15-3)6-10(8-14)7-12(13)16-4;;;;;;;/h14-25,27-28H,9-13,26H2,1-8H3;10-17,19H,7-9,18H2,1-6H3;9-11,13H,5-8,12H2,1-4H3;9-12H,5-8,13-14H2,1-4H3;6-9H,5H2,1-4H3;7*1H4/b20-18+,21-19+;15-12+;;;;;;;;;;. The van der Waals surface area contributed by atoms with Gasteiger partial charge in [0.2, 0.25) is 28.7 Å². The number of rotatable bonds is 59. The van der Waals surface area contributed by atoms with Crippen molar-refractivity contribution in [1.82, 2.24) is 0 Å². The lowest BCUT2D eigenvalue weighted by Crippen LogP contribution is -2.12. The second kappa shape index (κ2) is 78.1. The summed E-state index contributed by atoms with van der Waals surface area (Å²) in [6.07, 6.45) is 26.5. The molecule has 0 N–H and O–H groups in total. The zero-order valence-electron chi connectivity index (χ0n) is 86.7. The molecule has 0 amide bonds. The quantitative estimate of drug-likeness (QED) is 0.0194. The molecular weight excluding hydrogens is 1900 g/mol. The van der Waals surface area contributed by atoms with E-state index in [1.165, 1.54) is 39.9 Å². The Morgan fingerprint density at radius 1 is 0.255 bits per heavy atom. The molecule has 8 aromatic rings. The minimum absolute atomic E-state index is 0. The molecule has 0 saturated carbocycles. The van der Waals surface area contributed by atoms with Crippen molar-refractivity contribution in [3.63, 3.8) is 0 Å². The monoisotopic (exact) mass is 2090 g/mol. The Balaban J connectivity index is -0.000000880. The van der Waals surface area contributed by atoms with E-state index >= 15 is 0 Å². The van der Waals surface area contributed by atoms with Gasteiger partial charge >= 0.3 is 22.8 Å². The summed E-state index contributed by atoms with van der Waals surface area (Å²) in [6, 6.07) is 41.9. The molecule has 0 aliphatic carbocycles. The summed E-state index contributed by atoms with van der Waals surface area (Å²) in [5, 5.41) is 0. The Kier molecular flexibility index (Phi) is 76.0. The van der Waals surface area contributed by atoms with Crippen LogP contribution in [-0.2, 0) is 59.3 Å². The van der Waals surface area contributed by atoms with Gasteiger partial charge in [0, 0.05) is 11.1 Å². The van der Waals surface area contributed by atoms with Crippen molar-refractivity contribution in [2.45, 2.75) is 270 Å².